The predicted molar refractivity (Wildman–Crippen MR) is 105 cm³/mol. The first kappa shape index (κ1) is 18.1. The Balaban J connectivity index is 2.41. The fraction of sp³-hybridized carbons (Fsp3) is 0.524. The Bertz CT molecular complexity index is 636. The summed E-state index contributed by atoms with van der Waals surface area (Å²) in [6.07, 6.45) is 0.994. The second kappa shape index (κ2) is 7.08. The minimum absolute atomic E-state index is 0.461. The molecule has 0 aliphatic heterocycles. The van der Waals surface area contributed by atoms with Crippen molar-refractivity contribution in [3.63, 3.8) is 0 Å². The van der Waals surface area contributed by atoms with Gasteiger partial charge in [-0.1, -0.05) is 94.5 Å². The van der Waals surface area contributed by atoms with Gasteiger partial charge in [-0.15, -0.1) is 0 Å². The van der Waals surface area contributed by atoms with E-state index in [2.05, 4.69) is 65.8 Å². The summed E-state index contributed by atoms with van der Waals surface area (Å²) in [5.41, 5.74) is 3.43. The zero-order valence-corrected chi connectivity index (χ0v) is 16.6. The fourth-order valence-electron chi connectivity index (χ4n) is 4.79. The molecule has 0 saturated carbocycles. The molecule has 0 saturated heterocycles. The molecule has 2 aromatic carbocycles. The molecule has 0 aromatic heterocycles. The van der Waals surface area contributed by atoms with Gasteiger partial charge in [0.25, 0.3) is 0 Å². The Kier molecular flexibility index (Phi) is 5.56. The molecule has 0 aliphatic carbocycles. The van der Waals surface area contributed by atoms with E-state index in [1.807, 2.05) is 12.1 Å². The molecule has 2 heteroatoms. The predicted octanol–water partition coefficient (Wildman–Crippen LogP) is 6.77. The molecule has 0 atom stereocenters. The molecule has 0 heterocycles. The Morgan fingerprint density at radius 1 is 0.826 bits per heavy atom. The van der Waals surface area contributed by atoms with Crippen LogP contribution in [0.2, 0.25) is 22.7 Å². The Labute approximate surface area is 142 Å². The highest BCUT2D eigenvalue weighted by atomic mass is 28.3. The normalized spacial score (nSPS) is 12.7. The van der Waals surface area contributed by atoms with E-state index in [0.717, 1.165) is 28.6 Å². The Hall–Kier alpha value is -1.28. The highest BCUT2D eigenvalue weighted by Gasteiger charge is 2.41. The highest BCUT2D eigenvalue weighted by Crippen LogP contribution is 2.45. The molecule has 2 rings (SSSR count). The van der Waals surface area contributed by atoms with Gasteiger partial charge in [0.05, 0.1) is 8.07 Å². The second-order valence-corrected chi connectivity index (χ2v) is 14.0. The van der Waals surface area contributed by atoms with Crippen LogP contribution in [0.15, 0.2) is 36.4 Å². The van der Waals surface area contributed by atoms with Crippen molar-refractivity contribution in [2.24, 2.45) is 0 Å². The maximum Gasteiger partial charge on any atom is 0.119 e. The summed E-state index contributed by atoms with van der Waals surface area (Å²) in [4.78, 5) is 0. The summed E-state index contributed by atoms with van der Waals surface area (Å²) < 4.78 is 0. The molecule has 1 N–H and O–H groups in total. The summed E-state index contributed by atoms with van der Waals surface area (Å²) in [6, 6.07) is 13.6. The van der Waals surface area contributed by atoms with Crippen molar-refractivity contribution in [1.29, 1.82) is 0 Å². The maximum atomic E-state index is 10.4. The number of fused-ring (bicyclic) bond motifs is 1. The summed E-state index contributed by atoms with van der Waals surface area (Å²) in [5.74, 6) is 0.461. The van der Waals surface area contributed by atoms with Gasteiger partial charge in [-0.3, -0.25) is 0 Å². The number of hydrogen-bond acceptors (Lipinski definition) is 1. The number of benzene rings is 2. The smallest absolute Gasteiger partial charge is 0.119 e. The topological polar surface area (TPSA) is 20.2 Å². The number of aryl methyl sites for hydroxylation is 1. The first-order valence-corrected chi connectivity index (χ1v) is 11.4. The van der Waals surface area contributed by atoms with Crippen LogP contribution in [-0.4, -0.2) is 13.2 Å². The largest absolute Gasteiger partial charge is 0.508 e. The molecule has 0 fully saturated rings. The van der Waals surface area contributed by atoms with E-state index in [9.17, 15) is 5.11 Å². The van der Waals surface area contributed by atoms with E-state index >= 15 is 0 Å². The number of aromatic hydroxyl groups is 1. The third-order valence-electron chi connectivity index (χ3n) is 6.05. The lowest BCUT2D eigenvalue weighted by molar-refractivity contribution is 0.470. The van der Waals surface area contributed by atoms with Crippen LogP contribution in [0.4, 0.5) is 0 Å². The van der Waals surface area contributed by atoms with Gasteiger partial charge in [0, 0.05) is 5.56 Å². The minimum atomic E-state index is -1.43. The van der Waals surface area contributed by atoms with Crippen molar-refractivity contribution in [2.75, 3.05) is 0 Å². The van der Waals surface area contributed by atoms with Crippen LogP contribution in [0.3, 0.4) is 0 Å². The lowest BCUT2D eigenvalue weighted by atomic mass is 10.0. The monoisotopic (exact) mass is 328 g/mol. The van der Waals surface area contributed by atoms with Gasteiger partial charge in [-0.25, -0.2) is 0 Å². The molecular weight excluding hydrogens is 296 g/mol. The fourth-order valence-corrected chi connectivity index (χ4v) is 11.2. The molecule has 0 amide bonds. The van der Waals surface area contributed by atoms with Gasteiger partial charge in [0.1, 0.15) is 5.75 Å². The highest BCUT2D eigenvalue weighted by molar-refractivity contribution is 6.83. The Morgan fingerprint density at radius 3 is 1.96 bits per heavy atom. The molecule has 0 radical (unpaired) electrons. The first-order chi connectivity index (χ1) is 10.8. The van der Waals surface area contributed by atoms with Crippen molar-refractivity contribution in [3.05, 3.63) is 42.0 Å². The van der Waals surface area contributed by atoms with Crippen LogP contribution in [-0.2, 0) is 6.42 Å². The van der Waals surface area contributed by atoms with Crippen LogP contribution in [0.25, 0.3) is 10.8 Å². The molecule has 0 aliphatic rings. The zero-order valence-electron chi connectivity index (χ0n) is 15.6. The zero-order chi connectivity index (χ0) is 17.2. The molecule has 0 unspecified atom stereocenters. The SMILES string of the molecule is CC(C)[Si](CCc1c(O)ccc2ccccc12)(C(C)C)C(C)C. The third kappa shape index (κ3) is 3.33. The van der Waals surface area contributed by atoms with Gasteiger partial charge in [0.15, 0.2) is 0 Å². The quantitative estimate of drug-likeness (QED) is 0.580. The molecule has 0 bridgehead atoms. The van der Waals surface area contributed by atoms with Crippen molar-refractivity contribution < 1.29 is 5.11 Å². The van der Waals surface area contributed by atoms with E-state index in [4.69, 9.17) is 0 Å². The van der Waals surface area contributed by atoms with Crippen LogP contribution in [0, 0.1) is 0 Å². The molecular formula is C21H32OSi. The minimum Gasteiger partial charge on any atom is -0.508 e. The lowest BCUT2D eigenvalue weighted by Gasteiger charge is -2.43. The molecule has 2 aromatic rings. The Morgan fingerprint density at radius 2 is 1.39 bits per heavy atom. The average molecular weight is 329 g/mol. The van der Waals surface area contributed by atoms with Crippen LogP contribution in [0.1, 0.15) is 47.1 Å². The number of rotatable bonds is 6. The first-order valence-electron chi connectivity index (χ1n) is 9.00. The summed E-state index contributed by atoms with van der Waals surface area (Å²) in [7, 11) is -1.43. The summed E-state index contributed by atoms with van der Waals surface area (Å²) >= 11 is 0. The van der Waals surface area contributed by atoms with Crippen LogP contribution >= 0.6 is 0 Å². The van der Waals surface area contributed by atoms with Gasteiger partial charge in [0.2, 0.25) is 0 Å². The molecule has 0 spiro atoms. The average Bonchev–Trinajstić information content (AvgIpc) is 2.48. The standard InChI is InChI=1S/C21H32OSi/c1-15(2)23(16(3)4,17(5)6)14-13-20-19-10-8-7-9-18(19)11-12-21(20)22/h7-12,15-17,22H,13-14H2,1-6H3. The summed E-state index contributed by atoms with van der Waals surface area (Å²) in [6.45, 7) is 14.5. The van der Waals surface area contributed by atoms with Gasteiger partial charge in [-0.05, 0) is 23.3 Å². The summed E-state index contributed by atoms with van der Waals surface area (Å²) in [5, 5.41) is 12.9. The lowest BCUT2D eigenvalue weighted by Crippen LogP contribution is -2.44. The third-order valence-corrected chi connectivity index (χ3v) is 13.6. The second-order valence-electron chi connectivity index (χ2n) is 7.86. The van der Waals surface area contributed by atoms with Crippen LogP contribution < -0.4 is 0 Å². The molecule has 23 heavy (non-hydrogen) atoms. The van der Waals surface area contributed by atoms with Crippen molar-refractivity contribution in [1.82, 2.24) is 0 Å². The van der Waals surface area contributed by atoms with E-state index in [0.29, 0.717) is 5.75 Å². The maximum absolute atomic E-state index is 10.4. The number of hydrogen-bond donors (Lipinski definition) is 1. The van der Waals surface area contributed by atoms with Crippen molar-refractivity contribution in [2.45, 2.75) is 70.6 Å². The van der Waals surface area contributed by atoms with E-state index < -0.39 is 8.07 Å². The van der Waals surface area contributed by atoms with E-state index in [-0.39, 0.29) is 0 Å². The molecule has 1 nitrogen and oxygen atoms in total. The number of phenolic OH excluding ortho intramolecular Hbond substituents is 1. The van der Waals surface area contributed by atoms with Gasteiger partial charge >= 0.3 is 0 Å². The molecule has 126 valence electrons. The van der Waals surface area contributed by atoms with E-state index in [1.54, 1.807) is 0 Å². The van der Waals surface area contributed by atoms with Gasteiger partial charge < -0.3 is 5.11 Å². The van der Waals surface area contributed by atoms with Crippen LogP contribution in [0.5, 0.6) is 5.75 Å². The van der Waals surface area contributed by atoms with E-state index in [1.165, 1.54) is 16.8 Å². The number of phenols is 1. The van der Waals surface area contributed by atoms with Crippen molar-refractivity contribution in [3.8, 4) is 5.75 Å². The van der Waals surface area contributed by atoms with Crippen molar-refractivity contribution >= 4 is 18.8 Å². The van der Waals surface area contributed by atoms with Gasteiger partial charge in [-0.2, -0.15) is 0 Å².